The topological polar surface area (TPSA) is 73.8 Å². The summed E-state index contributed by atoms with van der Waals surface area (Å²) in [5, 5.41) is 3.53. The number of ether oxygens (including phenoxy) is 1. The summed E-state index contributed by atoms with van der Waals surface area (Å²) >= 11 is 0. The highest BCUT2D eigenvalue weighted by atomic mass is 16.5. The molecule has 1 aromatic heterocycles. The Bertz CT molecular complexity index is 589. The standard InChI is InChI=1S/C18H30N6O2/c1-22(2)17-13-16(19-14-20-17)21-15-3-6-23(7-4-15)8-9-24-10-12-26-11-5-18(24)25/h13-15H,3-12H2,1-2H3,(H,19,20,21). The van der Waals surface area contributed by atoms with Crippen molar-refractivity contribution in [1.82, 2.24) is 19.8 Å². The zero-order valence-corrected chi connectivity index (χ0v) is 15.9. The highest BCUT2D eigenvalue weighted by Gasteiger charge is 2.22. The van der Waals surface area contributed by atoms with Gasteiger partial charge in [-0.15, -0.1) is 0 Å². The Morgan fingerprint density at radius 1 is 1.19 bits per heavy atom. The van der Waals surface area contributed by atoms with Crippen LogP contribution in [0.1, 0.15) is 19.3 Å². The van der Waals surface area contributed by atoms with Gasteiger partial charge in [-0.1, -0.05) is 0 Å². The fraction of sp³-hybridized carbons (Fsp3) is 0.722. The lowest BCUT2D eigenvalue weighted by molar-refractivity contribution is -0.130. The van der Waals surface area contributed by atoms with E-state index >= 15 is 0 Å². The van der Waals surface area contributed by atoms with Gasteiger partial charge in [0.2, 0.25) is 5.91 Å². The molecule has 0 atom stereocenters. The van der Waals surface area contributed by atoms with Crippen molar-refractivity contribution < 1.29 is 9.53 Å². The SMILES string of the molecule is CN(C)c1cc(NC2CCN(CCN3CCOCCC3=O)CC2)ncn1. The molecule has 3 rings (SSSR count). The van der Waals surface area contributed by atoms with Crippen LogP contribution in [0.5, 0.6) is 0 Å². The zero-order valence-electron chi connectivity index (χ0n) is 15.9. The maximum absolute atomic E-state index is 12.0. The Morgan fingerprint density at radius 3 is 2.77 bits per heavy atom. The number of hydrogen-bond donors (Lipinski definition) is 1. The van der Waals surface area contributed by atoms with E-state index in [4.69, 9.17) is 4.74 Å². The Balaban J connectivity index is 1.41. The van der Waals surface area contributed by atoms with Gasteiger partial charge in [-0.2, -0.15) is 0 Å². The minimum absolute atomic E-state index is 0.222. The number of amides is 1. The molecular formula is C18H30N6O2. The first-order valence-electron chi connectivity index (χ1n) is 9.45. The molecular weight excluding hydrogens is 332 g/mol. The molecule has 2 saturated heterocycles. The van der Waals surface area contributed by atoms with Gasteiger partial charge in [0.05, 0.1) is 19.6 Å². The Morgan fingerprint density at radius 2 is 2.00 bits per heavy atom. The molecule has 0 radical (unpaired) electrons. The van der Waals surface area contributed by atoms with Crippen molar-refractivity contribution >= 4 is 17.5 Å². The highest BCUT2D eigenvalue weighted by Crippen LogP contribution is 2.17. The number of rotatable bonds is 6. The summed E-state index contributed by atoms with van der Waals surface area (Å²) in [7, 11) is 3.96. The lowest BCUT2D eigenvalue weighted by Crippen LogP contribution is -2.44. The molecule has 144 valence electrons. The molecule has 0 aromatic carbocycles. The van der Waals surface area contributed by atoms with E-state index in [1.165, 1.54) is 0 Å². The number of nitrogens with one attached hydrogen (secondary N) is 1. The second-order valence-corrected chi connectivity index (χ2v) is 7.16. The smallest absolute Gasteiger partial charge is 0.225 e. The molecule has 8 nitrogen and oxygen atoms in total. The summed E-state index contributed by atoms with van der Waals surface area (Å²) in [5.41, 5.74) is 0. The predicted octanol–water partition coefficient (Wildman–Crippen LogP) is 0.668. The van der Waals surface area contributed by atoms with Gasteiger partial charge < -0.3 is 24.8 Å². The van der Waals surface area contributed by atoms with Crippen molar-refractivity contribution in [2.45, 2.75) is 25.3 Å². The number of anilines is 2. The quantitative estimate of drug-likeness (QED) is 0.797. The van der Waals surface area contributed by atoms with Gasteiger partial charge in [0.25, 0.3) is 0 Å². The van der Waals surface area contributed by atoms with Crippen LogP contribution >= 0.6 is 0 Å². The lowest BCUT2D eigenvalue weighted by atomic mass is 10.1. The van der Waals surface area contributed by atoms with E-state index in [1.54, 1.807) is 6.33 Å². The third kappa shape index (κ3) is 5.28. The van der Waals surface area contributed by atoms with Crippen molar-refractivity contribution in [2.75, 3.05) is 70.2 Å². The molecule has 8 heteroatoms. The van der Waals surface area contributed by atoms with Crippen LogP contribution in [-0.2, 0) is 9.53 Å². The molecule has 0 bridgehead atoms. The van der Waals surface area contributed by atoms with Crippen molar-refractivity contribution in [1.29, 1.82) is 0 Å². The van der Waals surface area contributed by atoms with E-state index in [1.807, 2.05) is 30.0 Å². The van der Waals surface area contributed by atoms with E-state index in [9.17, 15) is 4.79 Å². The predicted molar refractivity (Wildman–Crippen MR) is 101 cm³/mol. The number of carbonyl (C=O) groups excluding carboxylic acids is 1. The summed E-state index contributed by atoms with van der Waals surface area (Å²) < 4.78 is 5.38. The van der Waals surface area contributed by atoms with Gasteiger partial charge >= 0.3 is 0 Å². The van der Waals surface area contributed by atoms with Crippen LogP contribution in [-0.4, -0.2) is 91.7 Å². The molecule has 1 N–H and O–H groups in total. The summed E-state index contributed by atoms with van der Waals surface area (Å²) in [6, 6.07) is 2.42. The van der Waals surface area contributed by atoms with Crippen LogP contribution in [0.15, 0.2) is 12.4 Å². The molecule has 1 aromatic rings. The van der Waals surface area contributed by atoms with Crippen LogP contribution in [0.2, 0.25) is 0 Å². The lowest BCUT2D eigenvalue weighted by Gasteiger charge is -2.34. The Kier molecular flexibility index (Phi) is 6.62. The molecule has 0 aliphatic carbocycles. The second kappa shape index (κ2) is 9.14. The van der Waals surface area contributed by atoms with Gasteiger partial charge in [-0.25, -0.2) is 9.97 Å². The average Bonchev–Trinajstić information content (AvgIpc) is 2.85. The number of hydrogen-bond acceptors (Lipinski definition) is 7. The van der Waals surface area contributed by atoms with Crippen molar-refractivity contribution in [2.24, 2.45) is 0 Å². The normalized spacial score (nSPS) is 20.1. The van der Waals surface area contributed by atoms with Gasteiger partial charge in [0, 0.05) is 58.9 Å². The number of aromatic nitrogens is 2. The number of piperidine rings is 1. The molecule has 0 saturated carbocycles. The van der Waals surface area contributed by atoms with Crippen molar-refractivity contribution in [3.8, 4) is 0 Å². The van der Waals surface area contributed by atoms with E-state index in [0.717, 1.165) is 57.2 Å². The van der Waals surface area contributed by atoms with E-state index < -0.39 is 0 Å². The molecule has 2 aliphatic heterocycles. The van der Waals surface area contributed by atoms with Crippen molar-refractivity contribution in [3.63, 3.8) is 0 Å². The van der Waals surface area contributed by atoms with Crippen LogP contribution in [0, 0.1) is 0 Å². The summed E-state index contributed by atoms with van der Waals surface area (Å²) in [5.74, 6) is 2.02. The fourth-order valence-electron chi connectivity index (χ4n) is 3.40. The van der Waals surface area contributed by atoms with E-state index in [-0.39, 0.29) is 5.91 Å². The number of nitrogens with zero attached hydrogens (tertiary/aromatic N) is 5. The average molecular weight is 362 g/mol. The number of carbonyl (C=O) groups is 1. The maximum Gasteiger partial charge on any atom is 0.225 e. The van der Waals surface area contributed by atoms with Gasteiger partial charge in [0.15, 0.2) is 0 Å². The summed E-state index contributed by atoms with van der Waals surface area (Å²) in [6.45, 7) is 5.77. The van der Waals surface area contributed by atoms with Gasteiger partial charge in [-0.05, 0) is 12.8 Å². The maximum atomic E-state index is 12.0. The third-order valence-electron chi connectivity index (χ3n) is 5.06. The minimum atomic E-state index is 0.222. The molecule has 1 amide bonds. The Labute approximate surface area is 155 Å². The van der Waals surface area contributed by atoms with Crippen LogP contribution in [0.25, 0.3) is 0 Å². The summed E-state index contributed by atoms with van der Waals surface area (Å²) in [4.78, 5) is 27.0. The second-order valence-electron chi connectivity index (χ2n) is 7.16. The third-order valence-corrected chi connectivity index (χ3v) is 5.06. The van der Waals surface area contributed by atoms with Crippen molar-refractivity contribution in [3.05, 3.63) is 12.4 Å². The van der Waals surface area contributed by atoms with E-state index in [2.05, 4.69) is 20.2 Å². The minimum Gasteiger partial charge on any atom is -0.379 e. The van der Waals surface area contributed by atoms with E-state index in [0.29, 0.717) is 25.7 Å². The highest BCUT2D eigenvalue weighted by molar-refractivity contribution is 5.76. The van der Waals surface area contributed by atoms with Crippen LogP contribution in [0.4, 0.5) is 11.6 Å². The molecule has 3 heterocycles. The van der Waals surface area contributed by atoms with Crippen LogP contribution < -0.4 is 10.2 Å². The molecule has 2 fully saturated rings. The fourth-order valence-corrected chi connectivity index (χ4v) is 3.40. The van der Waals surface area contributed by atoms with Gasteiger partial charge in [0.1, 0.15) is 18.0 Å². The first-order chi connectivity index (χ1) is 12.6. The first kappa shape index (κ1) is 18.8. The van der Waals surface area contributed by atoms with Gasteiger partial charge in [-0.3, -0.25) is 4.79 Å². The molecule has 0 unspecified atom stereocenters. The first-order valence-corrected chi connectivity index (χ1v) is 9.45. The largest absolute Gasteiger partial charge is 0.379 e. The Hall–Kier alpha value is -1.93. The molecule has 2 aliphatic rings. The molecule has 0 spiro atoms. The summed E-state index contributed by atoms with van der Waals surface area (Å²) in [6.07, 6.45) is 4.28. The zero-order chi connectivity index (χ0) is 18.4. The van der Waals surface area contributed by atoms with Crippen LogP contribution in [0.3, 0.4) is 0 Å². The molecule has 26 heavy (non-hydrogen) atoms. The monoisotopic (exact) mass is 362 g/mol. The number of likely N-dealkylation sites (tertiary alicyclic amines) is 1.